The lowest BCUT2D eigenvalue weighted by Gasteiger charge is -2.15. The maximum absolute atomic E-state index is 10.6. The topological polar surface area (TPSA) is 70.3 Å². The quantitative estimate of drug-likeness (QED) is 0.319. The molecule has 2 heterocycles. The minimum atomic E-state index is -0.768. The second-order valence-electron chi connectivity index (χ2n) is 7.97. The molecule has 6 rings (SSSR count). The Kier molecular flexibility index (Phi) is 4.47. The molecule has 0 aliphatic rings. The van der Waals surface area contributed by atoms with Crippen LogP contribution in [0.2, 0.25) is 0 Å². The number of benzene rings is 4. The van der Waals surface area contributed by atoms with E-state index in [2.05, 4.69) is 22.1 Å². The number of rotatable bonds is 6. The van der Waals surface area contributed by atoms with Gasteiger partial charge in [0.2, 0.25) is 0 Å². The Morgan fingerprint density at radius 1 is 0.562 bits per heavy atom. The SMILES string of the molecule is OC(COc1cccc2[nH]c3ccccc3c12)COc1cccc2[nH]c3ccccc3c12. The zero-order chi connectivity index (χ0) is 21.5. The van der Waals surface area contributed by atoms with Gasteiger partial charge in [0.25, 0.3) is 0 Å². The molecule has 32 heavy (non-hydrogen) atoms. The van der Waals surface area contributed by atoms with Crippen molar-refractivity contribution < 1.29 is 14.6 Å². The van der Waals surface area contributed by atoms with Crippen molar-refractivity contribution in [3.05, 3.63) is 84.9 Å². The van der Waals surface area contributed by atoms with E-state index in [9.17, 15) is 5.11 Å². The minimum Gasteiger partial charge on any atom is -0.490 e. The summed E-state index contributed by atoms with van der Waals surface area (Å²) in [5.74, 6) is 1.50. The van der Waals surface area contributed by atoms with Gasteiger partial charge in [-0.2, -0.15) is 0 Å². The van der Waals surface area contributed by atoms with Crippen molar-refractivity contribution in [1.82, 2.24) is 9.97 Å². The number of aliphatic hydroxyl groups excluding tert-OH is 1. The van der Waals surface area contributed by atoms with E-state index in [0.717, 1.165) is 55.1 Å². The highest BCUT2D eigenvalue weighted by atomic mass is 16.5. The maximum Gasteiger partial charge on any atom is 0.129 e. The highest BCUT2D eigenvalue weighted by Gasteiger charge is 2.14. The van der Waals surface area contributed by atoms with Crippen LogP contribution < -0.4 is 9.47 Å². The van der Waals surface area contributed by atoms with Crippen molar-refractivity contribution >= 4 is 43.6 Å². The van der Waals surface area contributed by atoms with Crippen LogP contribution in [0.15, 0.2) is 84.9 Å². The molecule has 0 atom stereocenters. The van der Waals surface area contributed by atoms with E-state index in [4.69, 9.17) is 9.47 Å². The van der Waals surface area contributed by atoms with E-state index in [1.807, 2.05) is 72.8 Å². The lowest BCUT2D eigenvalue weighted by atomic mass is 10.1. The smallest absolute Gasteiger partial charge is 0.129 e. The molecule has 0 aliphatic heterocycles. The molecule has 6 aromatic rings. The molecule has 0 amide bonds. The Morgan fingerprint density at radius 2 is 1.00 bits per heavy atom. The van der Waals surface area contributed by atoms with Crippen LogP contribution in [-0.4, -0.2) is 34.4 Å². The molecular weight excluding hydrogens is 400 g/mol. The van der Waals surface area contributed by atoms with E-state index in [1.165, 1.54) is 0 Å². The molecule has 0 saturated heterocycles. The second kappa shape index (κ2) is 7.62. The Bertz CT molecular complexity index is 1450. The van der Waals surface area contributed by atoms with E-state index in [-0.39, 0.29) is 13.2 Å². The van der Waals surface area contributed by atoms with Gasteiger partial charge in [-0.1, -0.05) is 48.5 Å². The summed E-state index contributed by atoms with van der Waals surface area (Å²) < 4.78 is 12.0. The van der Waals surface area contributed by atoms with E-state index in [1.54, 1.807) is 0 Å². The number of hydrogen-bond acceptors (Lipinski definition) is 3. The molecule has 5 nitrogen and oxygen atoms in total. The first-order chi connectivity index (χ1) is 15.8. The van der Waals surface area contributed by atoms with Crippen molar-refractivity contribution in [3.63, 3.8) is 0 Å². The fourth-order valence-corrected chi connectivity index (χ4v) is 4.40. The van der Waals surface area contributed by atoms with Gasteiger partial charge in [-0.25, -0.2) is 0 Å². The normalized spacial score (nSPS) is 11.8. The number of aromatic amines is 2. The first-order valence-electron chi connectivity index (χ1n) is 10.7. The average Bonchev–Trinajstić information content (AvgIpc) is 3.40. The van der Waals surface area contributed by atoms with Crippen molar-refractivity contribution in [1.29, 1.82) is 0 Å². The van der Waals surface area contributed by atoms with Gasteiger partial charge >= 0.3 is 0 Å². The molecule has 0 fully saturated rings. The molecule has 158 valence electrons. The molecule has 0 saturated carbocycles. The molecule has 5 heteroatoms. The molecule has 0 radical (unpaired) electrons. The molecule has 0 aliphatic carbocycles. The Hall–Kier alpha value is -3.96. The van der Waals surface area contributed by atoms with Crippen LogP contribution in [0.5, 0.6) is 11.5 Å². The van der Waals surface area contributed by atoms with Gasteiger partial charge < -0.3 is 24.5 Å². The Labute approximate surface area is 184 Å². The van der Waals surface area contributed by atoms with E-state index >= 15 is 0 Å². The van der Waals surface area contributed by atoms with Crippen molar-refractivity contribution in [2.24, 2.45) is 0 Å². The second-order valence-corrected chi connectivity index (χ2v) is 7.97. The predicted molar refractivity (Wildman–Crippen MR) is 129 cm³/mol. The number of para-hydroxylation sites is 2. The number of aliphatic hydroxyl groups is 1. The summed E-state index contributed by atoms with van der Waals surface area (Å²) >= 11 is 0. The summed E-state index contributed by atoms with van der Waals surface area (Å²) in [6.07, 6.45) is -0.768. The van der Waals surface area contributed by atoms with Gasteiger partial charge in [0, 0.05) is 32.6 Å². The molecular formula is C27H22N2O3. The zero-order valence-corrected chi connectivity index (χ0v) is 17.3. The largest absolute Gasteiger partial charge is 0.490 e. The lowest BCUT2D eigenvalue weighted by molar-refractivity contribution is 0.0638. The highest BCUT2D eigenvalue weighted by molar-refractivity contribution is 6.11. The third-order valence-electron chi connectivity index (χ3n) is 5.85. The summed E-state index contributed by atoms with van der Waals surface area (Å²) in [5, 5.41) is 14.8. The minimum absolute atomic E-state index is 0.141. The summed E-state index contributed by atoms with van der Waals surface area (Å²) in [7, 11) is 0. The molecule has 0 bridgehead atoms. The third kappa shape index (κ3) is 3.15. The van der Waals surface area contributed by atoms with Crippen LogP contribution in [0, 0.1) is 0 Å². The predicted octanol–water partition coefficient (Wildman–Crippen LogP) is 5.77. The van der Waals surface area contributed by atoms with Gasteiger partial charge in [0.15, 0.2) is 0 Å². The molecule has 0 spiro atoms. The van der Waals surface area contributed by atoms with Crippen LogP contribution in [-0.2, 0) is 0 Å². The summed E-state index contributed by atoms with van der Waals surface area (Å²) in [6.45, 7) is 0.283. The summed E-state index contributed by atoms with van der Waals surface area (Å²) in [6, 6.07) is 28.1. The van der Waals surface area contributed by atoms with Gasteiger partial charge in [-0.15, -0.1) is 0 Å². The van der Waals surface area contributed by atoms with Crippen molar-refractivity contribution in [2.45, 2.75) is 6.10 Å². The van der Waals surface area contributed by atoms with Gasteiger partial charge in [-0.3, -0.25) is 0 Å². The van der Waals surface area contributed by atoms with Crippen LogP contribution in [0.3, 0.4) is 0 Å². The monoisotopic (exact) mass is 422 g/mol. The number of aromatic nitrogens is 2. The van der Waals surface area contributed by atoms with Gasteiger partial charge in [0.1, 0.15) is 30.8 Å². The summed E-state index contributed by atoms with van der Waals surface area (Å²) in [5.41, 5.74) is 4.16. The number of ether oxygens (including phenoxy) is 2. The van der Waals surface area contributed by atoms with Crippen LogP contribution >= 0.6 is 0 Å². The standard InChI is InChI=1S/C27H22N2O3/c30-17(15-31-24-13-5-11-22-26(24)18-7-1-3-9-20(18)28-22)16-32-25-14-6-12-23-27(25)19-8-2-4-10-21(19)29-23/h1-14,17,28-30H,15-16H2. The van der Waals surface area contributed by atoms with Gasteiger partial charge in [0.05, 0.1) is 11.0 Å². The first-order valence-corrected chi connectivity index (χ1v) is 10.7. The van der Waals surface area contributed by atoms with Crippen LogP contribution in [0.4, 0.5) is 0 Å². The van der Waals surface area contributed by atoms with Crippen molar-refractivity contribution in [2.75, 3.05) is 13.2 Å². The number of hydrogen-bond donors (Lipinski definition) is 3. The Balaban J connectivity index is 1.20. The van der Waals surface area contributed by atoms with Crippen LogP contribution in [0.25, 0.3) is 43.6 Å². The van der Waals surface area contributed by atoms with Gasteiger partial charge in [-0.05, 0) is 36.4 Å². The lowest BCUT2D eigenvalue weighted by Crippen LogP contribution is -2.25. The van der Waals surface area contributed by atoms with Crippen LogP contribution in [0.1, 0.15) is 0 Å². The number of nitrogens with one attached hydrogen (secondary N) is 2. The van der Waals surface area contributed by atoms with Crippen molar-refractivity contribution in [3.8, 4) is 11.5 Å². The fraction of sp³-hybridized carbons (Fsp3) is 0.111. The maximum atomic E-state index is 10.6. The Morgan fingerprint density at radius 3 is 1.50 bits per heavy atom. The van der Waals surface area contributed by atoms with E-state index in [0.29, 0.717) is 0 Å². The number of fused-ring (bicyclic) bond motifs is 6. The first kappa shape index (κ1) is 18.8. The fourth-order valence-electron chi connectivity index (χ4n) is 4.40. The average molecular weight is 422 g/mol. The summed E-state index contributed by atoms with van der Waals surface area (Å²) in [4.78, 5) is 6.82. The molecule has 2 aromatic heterocycles. The third-order valence-corrected chi connectivity index (χ3v) is 5.85. The molecule has 3 N–H and O–H groups in total. The van der Waals surface area contributed by atoms with E-state index < -0.39 is 6.10 Å². The zero-order valence-electron chi connectivity index (χ0n) is 17.3. The molecule has 0 unspecified atom stereocenters. The number of H-pyrrole nitrogens is 2. The highest BCUT2D eigenvalue weighted by Crippen LogP contribution is 2.34. The molecule has 4 aromatic carbocycles.